The summed E-state index contributed by atoms with van der Waals surface area (Å²) in [6.45, 7) is 4.90. The zero-order valence-corrected chi connectivity index (χ0v) is 10.9. The van der Waals surface area contributed by atoms with E-state index < -0.39 is 0 Å². The van der Waals surface area contributed by atoms with Gasteiger partial charge in [-0.05, 0) is 31.0 Å². The Morgan fingerprint density at radius 1 is 1.11 bits per heavy atom. The topological polar surface area (TPSA) is 24.5 Å². The summed E-state index contributed by atoms with van der Waals surface area (Å²) in [6.07, 6.45) is 3.92. The van der Waals surface area contributed by atoms with E-state index in [0.29, 0.717) is 6.04 Å². The molecule has 1 aromatic carbocycles. The second kappa shape index (κ2) is 5.72. The van der Waals surface area contributed by atoms with E-state index in [9.17, 15) is 0 Å². The fourth-order valence-corrected chi connectivity index (χ4v) is 2.99. The molecule has 0 aliphatic carbocycles. The molecule has 3 rings (SSSR count). The highest BCUT2D eigenvalue weighted by Gasteiger charge is 2.21. The fraction of sp³-hybridized carbons (Fsp3) is 0.600. The Labute approximate surface area is 109 Å². The van der Waals surface area contributed by atoms with Crippen molar-refractivity contribution in [3.05, 3.63) is 29.8 Å². The van der Waals surface area contributed by atoms with Crippen LogP contribution >= 0.6 is 0 Å². The van der Waals surface area contributed by atoms with Gasteiger partial charge in [0.2, 0.25) is 0 Å². The lowest BCUT2D eigenvalue weighted by atomic mass is 9.95. The largest absolute Gasteiger partial charge is 0.378 e. The quantitative estimate of drug-likeness (QED) is 0.867. The normalized spacial score (nSPS) is 25.1. The predicted octanol–water partition coefficient (Wildman–Crippen LogP) is 2.34. The van der Waals surface area contributed by atoms with Crippen molar-refractivity contribution in [3.8, 4) is 0 Å². The van der Waals surface area contributed by atoms with Crippen LogP contribution in [-0.4, -0.2) is 32.8 Å². The van der Waals surface area contributed by atoms with Crippen molar-refractivity contribution >= 4 is 5.69 Å². The number of anilines is 1. The summed E-state index contributed by atoms with van der Waals surface area (Å²) in [7, 11) is 0. The van der Waals surface area contributed by atoms with Gasteiger partial charge in [0, 0.05) is 24.8 Å². The van der Waals surface area contributed by atoms with Gasteiger partial charge in [0.05, 0.1) is 13.2 Å². The molecule has 0 bridgehead atoms. The van der Waals surface area contributed by atoms with Gasteiger partial charge < -0.3 is 15.0 Å². The van der Waals surface area contributed by atoms with E-state index in [-0.39, 0.29) is 0 Å². The zero-order chi connectivity index (χ0) is 12.2. The fourth-order valence-electron chi connectivity index (χ4n) is 2.99. The van der Waals surface area contributed by atoms with Crippen LogP contribution in [0.1, 0.15) is 30.9 Å². The second-order valence-electron chi connectivity index (χ2n) is 5.16. The number of nitrogens with zero attached hydrogens (tertiary/aromatic N) is 1. The number of benzene rings is 1. The third-order valence-electron chi connectivity index (χ3n) is 3.97. The molecule has 1 atom stereocenters. The maximum atomic E-state index is 5.45. The molecular formula is C15H22N2O. The summed E-state index contributed by atoms with van der Waals surface area (Å²) in [6, 6.07) is 9.40. The zero-order valence-electron chi connectivity index (χ0n) is 10.9. The highest BCUT2D eigenvalue weighted by molar-refractivity contribution is 5.55. The number of para-hydroxylation sites is 1. The number of rotatable bonds is 2. The Morgan fingerprint density at radius 2 is 1.94 bits per heavy atom. The molecule has 1 unspecified atom stereocenters. The van der Waals surface area contributed by atoms with Crippen LogP contribution in [0, 0.1) is 0 Å². The SMILES string of the molecule is c1ccc(N2CCOCC2)c(C2CCCCN2)c1. The van der Waals surface area contributed by atoms with E-state index in [2.05, 4.69) is 34.5 Å². The molecular weight excluding hydrogens is 224 g/mol. The summed E-state index contributed by atoms with van der Waals surface area (Å²) in [5, 5.41) is 3.66. The standard InChI is InChI=1S/C15H22N2O/c1-2-7-15(17-9-11-18-12-10-17)13(5-1)14-6-3-4-8-16-14/h1-2,5,7,14,16H,3-4,6,8-12H2. The molecule has 2 heterocycles. The molecule has 98 valence electrons. The average molecular weight is 246 g/mol. The van der Waals surface area contributed by atoms with Gasteiger partial charge in [-0.15, -0.1) is 0 Å². The van der Waals surface area contributed by atoms with Gasteiger partial charge >= 0.3 is 0 Å². The van der Waals surface area contributed by atoms with E-state index in [0.717, 1.165) is 32.8 Å². The minimum absolute atomic E-state index is 0.540. The van der Waals surface area contributed by atoms with Gasteiger partial charge in [-0.1, -0.05) is 24.6 Å². The minimum atomic E-state index is 0.540. The molecule has 2 saturated heterocycles. The monoisotopic (exact) mass is 246 g/mol. The van der Waals surface area contributed by atoms with Gasteiger partial charge in [0.15, 0.2) is 0 Å². The minimum Gasteiger partial charge on any atom is -0.378 e. The smallest absolute Gasteiger partial charge is 0.0642 e. The second-order valence-corrected chi connectivity index (χ2v) is 5.16. The third-order valence-corrected chi connectivity index (χ3v) is 3.97. The highest BCUT2D eigenvalue weighted by atomic mass is 16.5. The van der Waals surface area contributed by atoms with Crippen LogP contribution in [0.3, 0.4) is 0 Å². The van der Waals surface area contributed by atoms with Gasteiger partial charge in [-0.2, -0.15) is 0 Å². The van der Waals surface area contributed by atoms with Crippen molar-refractivity contribution in [1.82, 2.24) is 5.32 Å². The summed E-state index contributed by atoms with van der Waals surface area (Å²) in [5.41, 5.74) is 2.87. The van der Waals surface area contributed by atoms with E-state index in [1.807, 2.05) is 0 Å². The van der Waals surface area contributed by atoms with E-state index in [4.69, 9.17) is 4.74 Å². The number of morpholine rings is 1. The third kappa shape index (κ3) is 2.52. The van der Waals surface area contributed by atoms with Crippen molar-refractivity contribution in [3.63, 3.8) is 0 Å². The average Bonchev–Trinajstić information content (AvgIpc) is 2.49. The van der Waals surface area contributed by atoms with Crippen molar-refractivity contribution < 1.29 is 4.74 Å². The van der Waals surface area contributed by atoms with Crippen LogP contribution in [0.15, 0.2) is 24.3 Å². The van der Waals surface area contributed by atoms with E-state index >= 15 is 0 Å². The van der Waals surface area contributed by atoms with Crippen LogP contribution in [0.25, 0.3) is 0 Å². The Kier molecular flexibility index (Phi) is 3.81. The molecule has 0 spiro atoms. The Hall–Kier alpha value is -1.06. The Balaban J connectivity index is 1.83. The van der Waals surface area contributed by atoms with E-state index in [1.54, 1.807) is 0 Å². The predicted molar refractivity (Wildman–Crippen MR) is 74.1 cm³/mol. The first kappa shape index (κ1) is 12.0. The highest BCUT2D eigenvalue weighted by Crippen LogP contribution is 2.31. The van der Waals surface area contributed by atoms with Crippen LogP contribution in [0.4, 0.5) is 5.69 Å². The van der Waals surface area contributed by atoms with Crippen molar-refractivity contribution in [1.29, 1.82) is 0 Å². The van der Waals surface area contributed by atoms with Crippen LogP contribution in [0.2, 0.25) is 0 Å². The molecule has 18 heavy (non-hydrogen) atoms. The van der Waals surface area contributed by atoms with Crippen LogP contribution < -0.4 is 10.2 Å². The van der Waals surface area contributed by atoms with Gasteiger partial charge in [0.25, 0.3) is 0 Å². The Morgan fingerprint density at radius 3 is 2.72 bits per heavy atom. The Bertz CT molecular complexity index is 345. The summed E-state index contributed by atoms with van der Waals surface area (Å²) in [4.78, 5) is 2.47. The first-order valence-corrected chi connectivity index (χ1v) is 7.10. The molecule has 2 fully saturated rings. The van der Waals surface area contributed by atoms with Gasteiger partial charge in [-0.25, -0.2) is 0 Å². The molecule has 1 N–H and O–H groups in total. The molecule has 0 saturated carbocycles. The maximum Gasteiger partial charge on any atom is 0.0642 e. The molecule has 2 aliphatic rings. The summed E-state index contributed by atoms with van der Waals surface area (Å²) >= 11 is 0. The molecule has 0 radical (unpaired) electrons. The lowest BCUT2D eigenvalue weighted by Crippen LogP contribution is -2.38. The maximum absolute atomic E-state index is 5.45. The number of ether oxygens (including phenoxy) is 1. The molecule has 2 aliphatic heterocycles. The first-order valence-electron chi connectivity index (χ1n) is 7.10. The summed E-state index contributed by atoms with van der Waals surface area (Å²) in [5.74, 6) is 0. The lowest BCUT2D eigenvalue weighted by molar-refractivity contribution is 0.122. The number of hydrogen-bond donors (Lipinski definition) is 1. The van der Waals surface area contributed by atoms with Crippen molar-refractivity contribution in [2.45, 2.75) is 25.3 Å². The molecule has 3 heteroatoms. The molecule has 0 amide bonds. The van der Waals surface area contributed by atoms with Gasteiger partial charge in [-0.3, -0.25) is 0 Å². The summed E-state index contributed by atoms with van der Waals surface area (Å²) < 4.78 is 5.45. The molecule has 3 nitrogen and oxygen atoms in total. The van der Waals surface area contributed by atoms with Crippen LogP contribution in [-0.2, 0) is 4.74 Å². The molecule has 0 aromatic heterocycles. The number of nitrogens with one attached hydrogen (secondary N) is 1. The van der Waals surface area contributed by atoms with E-state index in [1.165, 1.54) is 30.5 Å². The lowest BCUT2D eigenvalue weighted by Gasteiger charge is -2.33. The van der Waals surface area contributed by atoms with Crippen LogP contribution in [0.5, 0.6) is 0 Å². The number of hydrogen-bond acceptors (Lipinski definition) is 3. The molecule has 1 aromatic rings. The van der Waals surface area contributed by atoms with Crippen molar-refractivity contribution in [2.24, 2.45) is 0 Å². The van der Waals surface area contributed by atoms with Gasteiger partial charge in [0.1, 0.15) is 0 Å². The first-order chi connectivity index (χ1) is 8.95. The number of piperidine rings is 1. The van der Waals surface area contributed by atoms with Crippen molar-refractivity contribution in [2.75, 3.05) is 37.7 Å².